The molecule has 0 aliphatic carbocycles. The number of hydrogen-bond acceptors (Lipinski definition) is 4. The molecule has 0 unspecified atom stereocenters. The van der Waals surface area contributed by atoms with Crippen LogP contribution in [0.2, 0.25) is 0 Å². The second-order valence-electron chi connectivity index (χ2n) is 4.51. The van der Waals surface area contributed by atoms with Gasteiger partial charge in [-0.05, 0) is 22.6 Å². The first-order chi connectivity index (χ1) is 9.54. The number of nitrogens with one attached hydrogen (secondary N) is 2. The second kappa shape index (κ2) is 6.99. The maximum Gasteiger partial charge on any atom is 0.208 e. The van der Waals surface area contributed by atoms with E-state index in [1.54, 1.807) is 11.3 Å². The van der Waals surface area contributed by atoms with Crippen LogP contribution in [0.3, 0.4) is 0 Å². The van der Waals surface area contributed by atoms with Crippen molar-refractivity contribution < 1.29 is 8.42 Å². The van der Waals surface area contributed by atoms with E-state index in [9.17, 15) is 8.42 Å². The molecule has 0 atom stereocenters. The molecule has 6 heteroatoms. The Balaban J connectivity index is 1.79. The molecular formula is C14H18N2O2S2. The molecule has 0 aliphatic heterocycles. The summed E-state index contributed by atoms with van der Waals surface area (Å²) in [5.41, 5.74) is 2.44. The summed E-state index contributed by atoms with van der Waals surface area (Å²) in [5.74, 6) is 0. The summed E-state index contributed by atoms with van der Waals surface area (Å²) in [6, 6.07) is 12.4. The van der Waals surface area contributed by atoms with Gasteiger partial charge in [0, 0.05) is 24.5 Å². The Bertz CT molecular complexity index is 636. The highest BCUT2D eigenvalue weighted by Gasteiger charge is 2.02. The predicted molar refractivity (Wildman–Crippen MR) is 84.3 cm³/mol. The minimum absolute atomic E-state index is 0.412. The summed E-state index contributed by atoms with van der Waals surface area (Å²) < 4.78 is 24.2. The van der Waals surface area contributed by atoms with Gasteiger partial charge in [0.15, 0.2) is 0 Å². The van der Waals surface area contributed by atoms with Crippen LogP contribution in [-0.2, 0) is 16.6 Å². The van der Waals surface area contributed by atoms with E-state index in [1.807, 2.05) is 18.2 Å². The number of rotatable bonds is 7. The van der Waals surface area contributed by atoms with E-state index >= 15 is 0 Å². The van der Waals surface area contributed by atoms with E-state index in [1.165, 1.54) is 22.3 Å². The molecule has 2 rings (SSSR count). The van der Waals surface area contributed by atoms with Crippen LogP contribution in [0.15, 0.2) is 41.8 Å². The lowest BCUT2D eigenvalue weighted by Gasteiger charge is -2.03. The molecule has 1 heterocycles. The minimum atomic E-state index is -3.09. The Morgan fingerprint density at radius 2 is 1.85 bits per heavy atom. The number of hydrogen-bond donors (Lipinski definition) is 2. The summed E-state index contributed by atoms with van der Waals surface area (Å²) >= 11 is 1.71. The third-order valence-electron chi connectivity index (χ3n) is 2.73. The Kier molecular flexibility index (Phi) is 5.31. The maximum atomic E-state index is 10.9. The first-order valence-corrected chi connectivity index (χ1v) is 9.10. The molecular weight excluding hydrogens is 292 g/mol. The fraction of sp³-hybridized carbons (Fsp3) is 0.286. The lowest BCUT2D eigenvalue weighted by atomic mass is 10.1. The van der Waals surface area contributed by atoms with E-state index in [0.717, 1.165) is 6.54 Å². The van der Waals surface area contributed by atoms with E-state index in [4.69, 9.17) is 0 Å². The van der Waals surface area contributed by atoms with Gasteiger partial charge in [-0.25, -0.2) is 13.1 Å². The maximum absolute atomic E-state index is 10.9. The van der Waals surface area contributed by atoms with E-state index < -0.39 is 10.0 Å². The zero-order valence-electron chi connectivity index (χ0n) is 11.3. The lowest BCUT2D eigenvalue weighted by Crippen LogP contribution is -2.30. The summed E-state index contributed by atoms with van der Waals surface area (Å²) in [6.07, 6.45) is 1.17. The molecule has 108 valence electrons. The topological polar surface area (TPSA) is 58.2 Å². The largest absolute Gasteiger partial charge is 0.311 e. The lowest BCUT2D eigenvalue weighted by molar-refractivity contribution is 0.582. The summed E-state index contributed by atoms with van der Waals surface area (Å²) in [5, 5.41) is 5.36. The van der Waals surface area contributed by atoms with Crippen molar-refractivity contribution in [1.29, 1.82) is 0 Å². The quantitative estimate of drug-likeness (QED) is 0.770. The standard InChI is InChI=1S/C14H18N2O2S2/c1-20(17,18)16-8-7-15-10-14-9-13(11-19-14)12-5-3-2-4-6-12/h2-6,9,11,15-16H,7-8,10H2,1H3. The SMILES string of the molecule is CS(=O)(=O)NCCNCc1cc(-c2ccccc2)cs1. The predicted octanol–water partition coefficient (Wildman–Crippen LogP) is 2.05. The molecule has 2 N–H and O–H groups in total. The molecule has 0 amide bonds. The Labute approximate surface area is 123 Å². The van der Waals surface area contributed by atoms with Crippen molar-refractivity contribution in [1.82, 2.24) is 10.0 Å². The van der Waals surface area contributed by atoms with Crippen molar-refractivity contribution in [3.8, 4) is 11.1 Å². The smallest absolute Gasteiger partial charge is 0.208 e. The monoisotopic (exact) mass is 310 g/mol. The number of thiophene rings is 1. The fourth-order valence-electron chi connectivity index (χ4n) is 1.79. The van der Waals surface area contributed by atoms with Gasteiger partial charge in [-0.3, -0.25) is 0 Å². The van der Waals surface area contributed by atoms with Gasteiger partial charge in [0.25, 0.3) is 0 Å². The van der Waals surface area contributed by atoms with Crippen LogP contribution >= 0.6 is 11.3 Å². The van der Waals surface area contributed by atoms with E-state index in [-0.39, 0.29) is 0 Å². The number of benzene rings is 1. The van der Waals surface area contributed by atoms with Crippen LogP contribution in [0.5, 0.6) is 0 Å². The van der Waals surface area contributed by atoms with Gasteiger partial charge in [0.2, 0.25) is 10.0 Å². The number of sulfonamides is 1. The zero-order chi connectivity index (χ0) is 14.4. The van der Waals surface area contributed by atoms with Crippen LogP contribution in [0.1, 0.15) is 4.88 Å². The molecule has 0 fully saturated rings. The van der Waals surface area contributed by atoms with Gasteiger partial charge in [-0.2, -0.15) is 0 Å². The highest BCUT2D eigenvalue weighted by atomic mass is 32.2. The van der Waals surface area contributed by atoms with Gasteiger partial charge in [-0.1, -0.05) is 30.3 Å². The Morgan fingerprint density at radius 3 is 2.55 bits per heavy atom. The Morgan fingerprint density at radius 1 is 1.10 bits per heavy atom. The van der Waals surface area contributed by atoms with Crippen molar-refractivity contribution in [2.45, 2.75) is 6.54 Å². The molecule has 1 aromatic heterocycles. The van der Waals surface area contributed by atoms with E-state index in [0.29, 0.717) is 13.1 Å². The third kappa shape index (κ3) is 5.05. The average Bonchev–Trinajstić information content (AvgIpc) is 2.87. The highest BCUT2D eigenvalue weighted by molar-refractivity contribution is 7.88. The van der Waals surface area contributed by atoms with Crippen LogP contribution in [0.4, 0.5) is 0 Å². The molecule has 0 spiro atoms. The normalized spacial score (nSPS) is 11.7. The summed E-state index contributed by atoms with van der Waals surface area (Å²) in [7, 11) is -3.09. The minimum Gasteiger partial charge on any atom is -0.311 e. The van der Waals surface area contributed by atoms with Gasteiger partial charge in [0.1, 0.15) is 0 Å². The molecule has 0 bridgehead atoms. The van der Waals surface area contributed by atoms with Gasteiger partial charge >= 0.3 is 0 Å². The fourth-order valence-corrected chi connectivity index (χ4v) is 3.13. The zero-order valence-corrected chi connectivity index (χ0v) is 12.9. The molecule has 0 saturated heterocycles. The van der Waals surface area contributed by atoms with Gasteiger partial charge in [0.05, 0.1) is 6.26 Å². The molecule has 20 heavy (non-hydrogen) atoms. The van der Waals surface area contributed by atoms with Crippen LogP contribution < -0.4 is 10.0 Å². The van der Waals surface area contributed by atoms with Crippen molar-refractivity contribution in [3.05, 3.63) is 46.7 Å². The van der Waals surface area contributed by atoms with Crippen molar-refractivity contribution in [3.63, 3.8) is 0 Å². The molecule has 0 saturated carbocycles. The summed E-state index contributed by atoms with van der Waals surface area (Å²) in [6.45, 7) is 1.78. The van der Waals surface area contributed by atoms with Crippen molar-refractivity contribution in [2.24, 2.45) is 0 Å². The average molecular weight is 310 g/mol. The molecule has 0 radical (unpaired) electrons. The molecule has 1 aromatic carbocycles. The van der Waals surface area contributed by atoms with Crippen molar-refractivity contribution >= 4 is 21.4 Å². The third-order valence-corrected chi connectivity index (χ3v) is 4.39. The van der Waals surface area contributed by atoms with Crippen LogP contribution in [0.25, 0.3) is 11.1 Å². The molecule has 0 aliphatic rings. The van der Waals surface area contributed by atoms with Crippen LogP contribution in [-0.4, -0.2) is 27.8 Å². The first kappa shape index (κ1) is 15.2. The molecule has 2 aromatic rings. The van der Waals surface area contributed by atoms with Crippen molar-refractivity contribution in [2.75, 3.05) is 19.3 Å². The van der Waals surface area contributed by atoms with E-state index in [2.05, 4.69) is 33.6 Å². The van der Waals surface area contributed by atoms with Gasteiger partial charge in [-0.15, -0.1) is 11.3 Å². The molecule has 4 nitrogen and oxygen atoms in total. The second-order valence-corrected chi connectivity index (χ2v) is 7.34. The summed E-state index contributed by atoms with van der Waals surface area (Å²) in [4.78, 5) is 1.24. The van der Waals surface area contributed by atoms with Crippen LogP contribution in [0, 0.1) is 0 Å². The Hall–Kier alpha value is -1.21. The van der Waals surface area contributed by atoms with Gasteiger partial charge < -0.3 is 5.32 Å². The first-order valence-electron chi connectivity index (χ1n) is 6.33. The highest BCUT2D eigenvalue weighted by Crippen LogP contribution is 2.25.